The Morgan fingerprint density at radius 3 is 2.00 bits per heavy atom. The maximum Gasteiger partial charge on any atom is 0.259 e. The van der Waals surface area contributed by atoms with Crippen LogP contribution in [0.25, 0.3) is 0 Å². The van der Waals surface area contributed by atoms with Crippen LogP contribution in [0.3, 0.4) is 0 Å². The van der Waals surface area contributed by atoms with Gasteiger partial charge in [0.2, 0.25) is 0 Å². The summed E-state index contributed by atoms with van der Waals surface area (Å²) < 4.78 is 1.68. The molecular weight excluding hydrogens is 188 g/mol. The van der Waals surface area contributed by atoms with Crippen molar-refractivity contribution in [3.05, 3.63) is 28.4 Å². The van der Waals surface area contributed by atoms with E-state index in [0.29, 0.717) is 0 Å². The van der Waals surface area contributed by atoms with Gasteiger partial charge in [0.1, 0.15) is 5.82 Å². The van der Waals surface area contributed by atoms with Gasteiger partial charge >= 0.3 is 0 Å². The van der Waals surface area contributed by atoms with Crippen molar-refractivity contribution in [2.75, 3.05) is 0 Å². The van der Waals surface area contributed by atoms with Gasteiger partial charge in [-0.25, -0.2) is 4.98 Å². The number of aryl methyl sites for hydroxylation is 2. The van der Waals surface area contributed by atoms with E-state index in [9.17, 15) is 4.79 Å². The fourth-order valence-electron chi connectivity index (χ4n) is 1.46. The van der Waals surface area contributed by atoms with E-state index in [1.54, 1.807) is 4.57 Å². The fraction of sp³-hybridized carbons (Fsp3) is 0.500. The average molecular weight is 206 g/mol. The first-order valence-corrected chi connectivity index (χ1v) is 5.07. The quantitative estimate of drug-likeness (QED) is 0.662. The third-order valence-electron chi connectivity index (χ3n) is 2.79. The Labute approximate surface area is 90.8 Å². The normalized spacial score (nSPS) is 10.3. The molecule has 1 rings (SSSR count). The van der Waals surface area contributed by atoms with Gasteiger partial charge in [0.15, 0.2) is 0 Å². The molecule has 0 aliphatic carbocycles. The van der Waals surface area contributed by atoms with Crippen molar-refractivity contribution in [3.8, 4) is 0 Å². The lowest BCUT2D eigenvalue weighted by molar-refractivity contribution is 0.0949. The Balaban J connectivity index is 3.30. The molecule has 1 aromatic heterocycles. The number of hydrogen-bond donors (Lipinski definition) is 0. The van der Waals surface area contributed by atoms with E-state index in [0.717, 1.165) is 28.4 Å². The number of rotatable bonds is 1. The number of aromatic nitrogens is 2. The Morgan fingerprint density at radius 2 is 1.67 bits per heavy atom. The Hall–Kier alpha value is -1.38. The van der Waals surface area contributed by atoms with Gasteiger partial charge < -0.3 is 0 Å². The van der Waals surface area contributed by atoms with Crippen molar-refractivity contribution >= 4 is 5.91 Å². The number of carbonyl (C=O) groups excluding carboxylic acids is 1. The van der Waals surface area contributed by atoms with Gasteiger partial charge in [0, 0.05) is 11.3 Å². The molecule has 0 saturated carbocycles. The number of allylic oxidation sites excluding steroid dienone is 2. The first-order chi connectivity index (χ1) is 6.86. The van der Waals surface area contributed by atoms with Crippen molar-refractivity contribution in [1.82, 2.24) is 9.55 Å². The van der Waals surface area contributed by atoms with E-state index in [1.807, 2.05) is 41.5 Å². The molecule has 3 nitrogen and oxygen atoms in total. The summed E-state index contributed by atoms with van der Waals surface area (Å²) in [6.07, 6.45) is 0. The Kier molecular flexibility index (Phi) is 3.12. The van der Waals surface area contributed by atoms with Gasteiger partial charge in [0.05, 0.1) is 5.69 Å². The largest absolute Gasteiger partial charge is 0.269 e. The highest BCUT2D eigenvalue weighted by Crippen LogP contribution is 2.13. The summed E-state index contributed by atoms with van der Waals surface area (Å²) in [7, 11) is 0. The van der Waals surface area contributed by atoms with Crippen LogP contribution in [0.5, 0.6) is 0 Å². The molecule has 1 heterocycles. The van der Waals surface area contributed by atoms with Crippen LogP contribution < -0.4 is 0 Å². The molecule has 15 heavy (non-hydrogen) atoms. The molecule has 0 aliphatic rings. The summed E-state index contributed by atoms with van der Waals surface area (Å²) in [5, 5.41) is 0. The molecule has 0 amide bonds. The summed E-state index contributed by atoms with van der Waals surface area (Å²) in [6.45, 7) is 11.4. The van der Waals surface area contributed by atoms with Crippen LogP contribution in [-0.4, -0.2) is 15.5 Å². The second kappa shape index (κ2) is 4.01. The van der Waals surface area contributed by atoms with Gasteiger partial charge in [-0.15, -0.1) is 0 Å². The van der Waals surface area contributed by atoms with E-state index in [4.69, 9.17) is 0 Å². The van der Waals surface area contributed by atoms with Crippen LogP contribution in [0.2, 0.25) is 0 Å². The van der Waals surface area contributed by atoms with E-state index in [1.165, 1.54) is 0 Å². The molecule has 0 aliphatic heterocycles. The zero-order valence-electron chi connectivity index (χ0n) is 10.3. The fourth-order valence-corrected chi connectivity index (χ4v) is 1.46. The molecule has 0 unspecified atom stereocenters. The van der Waals surface area contributed by atoms with Crippen molar-refractivity contribution < 1.29 is 4.79 Å². The second-order valence-corrected chi connectivity index (χ2v) is 4.10. The highest BCUT2D eigenvalue weighted by Gasteiger charge is 2.16. The summed E-state index contributed by atoms with van der Waals surface area (Å²) in [4.78, 5) is 16.4. The number of nitrogens with zero attached hydrogens (tertiary/aromatic N) is 2. The minimum Gasteiger partial charge on any atom is -0.269 e. The first-order valence-electron chi connectivity index (χ1n) is 5.07. The lowest BCUT2D eigenvalue weighted by atomic mass is 10.1. The molecule has 0 radical (unpaired) electrons. The van der Waals surface area contributed by atoms with E-state index >= 15 is 0 Å². The van der Waals surface area contributed by atoms with Crippen molar-refractivity contribution in [2.45, 2.75) is 41.5 Å². The molecule has 0 bridgehead atoms. The van der Waals surface area contributed by atoms with Crippen molar-refractivity contribution in [2.24, 2.45) is 0 Å². The SMILES string of the molecule is CC(C)=C(C)C(=O)n1c(C)nc(C)c1C. The zero-order chi connectivity index (χ0) is 11.7. The number of imidazole rings is 1. The summed E-state index contributed by atoms with van der Waals surface area (Å²) in [6, 6.07) is 0. The lowest BCUT2D eigenvalue weighted by Gasteiger charge is -2.08. The van der Waals surface area contributed by atoms with Crippen LogP contribution in [0.4, 0.5) is 0 Å². The molecular formula is C12H18N2O. The van der Waals surface area contributed by atoms with Crippen LogP contribution in [0.1, 0.15) is 42.8 Å². The minimum absolute atomic E-state index is 0.0330. The van der Waals surface area contributed by atoms with E-state index in [-0.39, 0.29) is 5.91 Å². The van der Waals surface area contributed by atoms with Crippen LogP contribution >= 0.6 is 0 Å². The van der Waals surface area contributed by atoms with E-state index < -0.39 is 0 Å². The van der Waals surface area contributed by atoms with Gasteiger partial charge in [-0.1, -0.05) is 5.57 Å². The Morgan fingerprint density at radius 1 is 1.13 bits per heavy atom. The molecule has 0 aromatic carbocycles. The molecule has 0 spiro atoms. The highest BCUT2D eigenvalue weighted by atomic mass is 16.2. The summed E-state index contributed by atoms with van der Waals surface area (Å²) in [5.74, 6) is 0.793. The smallest absolute Gasteiger partial charge is 0.259 e. The summed E-state index contributed by atoms with van der Waals surface area (Å²) in [5.41, 5.74) is 3.68. The van der Waals surface area contributed by atoms with Gasteiger partial charge in [-0.2, -0.15) is 0 Å². The molecule has 1 aromatic rings. The predicted molar refractivity (Wildman–Crippen MR) is 61.1 cm³/mol. The Bertz CT molecular complexity index is 435. The topological polar surface area (TPSA) is 34.9 Å². The predicted octanol–water partition coefficient (Wildman–Crippen LogP) is 2.80. The molecule has 0 fully saturated rings. The molecule has 3 heteroatoms. The lowest BCUT2D eigenvalue weighted by Crippen LogP contribution is -2.15. The molecule has 0 atom stereocenters. The van der Waals surface area contributed by atoms with Gasteiger partial charge in [-0.3, -0.25) is 9.36 Å². The molecule has 0 N–H and O–H groups in total. The minimum atomic E-state index is 0.0330. The van der Waals surface area contributed by atoms with Gasteiger partial charge in [0.25, 0.3) is 5.91 Å². The third kappa shape index (κ3) is 2.01. The average Bonchev–Trinajstić information content (AvgIpc) is 2.39. The monoisotopic (exact) mass is 206 g/mol. The zero-order valence-corrected chi connectivity index (χ0v) is 10.3. The van der Waals surface area contributed by atoms with Crippen molar-refractivity contribution in [3.63, 3.8) is 0 Å². The van der Waals surface area contributed by atoms with Crippen LogP contribution in [0.15, 0.2) is 11.1 Å². The highest BCUT2D eigenvalue weighted by molar-refractivity contribution is 5.96. The second-order valence-electron chi connectivity index (χ2n) is 4.10. The van der Waals surface area contributed by atoms with Crippen LogP contribution in [-0.2, 0) is 0 Å². The van der Waals surface area contributed by atoms with Crippen LogP contribution in [0, 0.1) is 20.8 Å². The molecule has 82 valence electrons. The molecule has 0 saturated heterocycles. The first kappa shape index (κ1) is 11.7. The standard InChI is InChI=1S/C12H18N2O/c1-7(2)8(3)12(15)14-10(5)9(4)13-11(14)6/h1-6H3. The number of carbonyl (C=O) groups is 1. The number of hydrogen-bond acceptors (Lipinski definition) is 2. The summed E-state index contributed by atoms with van der Waals surface area (Å²) >= 11 is 0. The van der Waals surface area contributed by atoms with E-state index in [2.05, 4.69) is 4.98 Å². The maximum absolute atomic E-state index is 12.1. The third-order valence-corrected chi connectivity index (χ3v) is 2.79. The van der Waals surface area contributed by atoms with Gasteiger partial charge in [-0.05, 0) is 41.5 Å². The maximum atomic E-state index is 12.1. The van der Waals surface area contributed by atoms with Crippen molar-refractivity contribution in [1.29, 1.82) is 0 Å².